The van der Waals surface area contributed by atoms with Crippen LogP contribution >= 0.6 is 11.3 Å². The summed E-state index contributed by atoms with van der Waals surface area (Å²) in [4.78, 5) is 4.36. The highest BCUT2D eigenvalue weighted by atomic mass is 32.2. The molecule has 0 saturated heterocycles. The van der Waals surface area contributed by atoms with E-state index >= 15 is 0 Å². The third kappa shape index (κ3) is 3.17. The van der Waals surface area contributed by atoms with Gasteiger partial charge >= 0.3 is 0 Å². The molecule has 1 aromatic heterocycles. The van der Waals surface area contributed by atoms with Gasteiger partial charge in [0.15, 0.2) is 0 Å². The predicted molar refractivity (Wildman–Crippen MR) is 78.6 cm³/mol. The third-order valence-electron chi connectivity index (χ3n) is 2.84. The molecule has 2 rings (SSSR count). The van der Waals surface area contributed by atoms with Gasteiger partial charge in [-0.2, -0.15) is 0 Å². The van der Waals surface area contributed by atoms with Crippen molar-refractivity contribution in [1.82, 2.24) is 9.71 Å². The van der Waals surface area contributed by atoms with Gasteiger partial charge in [0.1, 0.15) is 10.8 Å². The smallest absolute Gasteiger partial charge is 0.241 e. The van der Waals surface area contributed by atoms with Crippen LogP contribution < -0.4 is 9.46 Å². The highest BCUT2D eigenvalue weighted by Gasteiger charge is 2.20. The molecule has 0 unspecified atom stereocenters. The lowest BCUT2D eigenvalue weighted by Gasteiger charge is -2.13. The number of methoxy groups -OCH3 is 1. The normalized spacial score (nSPS) is 11.6. The fraction of sp³-hybridized carbons (Fsp3) is 0.308. The highest BCUT2D eigenvalue weighted by molar-refractivity contribution is 7.89. The second kappa shape index (κ2) is 5.90. The molecule has 0 aliphatic heterocycles. The van der Waals surface area contributed by atoms with Crippen molar-refractivity contribution in [2.75, 3.05) is 7.11 Å². The van der Waals surface area contributed by atoms with Crippen molar-refractivity contribution in [2.24, 2.45) is 0 Å². The summed E-state index contributed by atoms with van der Waals surface area (Å²) in [6.07, 6.45) is 1.65. The lowest BCUT2D eigenvalue weighted by atomic mass is 10.1. The van der Waals surface area contributed by atoms with Crippen molar-refractivity contribution in [3.63, 3.8) is 0 Å². The highest BCUT2D eigenvalue weighted by Crippen LogP contribution is 2.25. The van der Waals surface area contributed by atoms with Crippen molar-refractivity contribution in [1.29, 1.82) is 0 Å². The number of hydrogen-bond acceptors (Lipinski definition) is 5. The lowest BCUT2D eigenvalue weighted by Crippen LogP contribution is -2.24. The van der Waals surface area contributed by atoms with Crippen LogP contribution in [0.5, 0.6) is 5.75 Å². The molecule has 1 N–H and O–H groups in total. The van der Waals surface area contributed by atoms with Crippen LogP contribution in [0.25, 0.3) is 0 Å². The van der Waals surface area contributed by atoms with Crippen molar-refractivity contribution in [3.8, 4) is 5.75 Å². The maximum atomic E-state index is 12.4. The van der Waals surface area contributed by atoms with Gasteiger partial charge < -0.3 is 4.74 Å². The number of ether oxygens (including phenoxy) is 1. The SMILES string of the molecule is COc1cc(C)c(S(=O)(=O)NCc2nccs2)c(C)c1. The standard InChI is InChI=1S/C13H16N2O3S2/c1-9-6-11(18-3)7-10(2)13(9)20(16,17)15-8-12-14-4-5-19-12/h4-7,15H,8H2,1-3H3. The van der Waals surface area contributed by atoms with E-state index in [2.05, 4.69) is 9.71 Å². The predicted octanol–water partition coefficient (Wildman–Crippen LogP) is 2.25. The van der Waals surface area contributed by atoms with E-state index in [-0.39, 0.29) is 6.54 Å². The van der Waals surface area contributed by atoms with E-state index in [1.54, 1.807) is 39.3 Å². The first kappa shape index (κ1) is 15.0. The van der Waals surface area contributed by atoms with E-state index in [0.29, 0.717) is 21.8 Å². The van der Waals surface area contributed by atoms with Crippen molar-refractivity contribution in [3.05, 3.63) is 39.8 Å². The number of rotatable bonds is 5. The van der Waals surface area contributed by atoms with Crippen molar-refractivity contribution >= 4 is 21.4 Å². The Hall–Kier alpha value is -1.44. The third-order valence-corrected chi connectivity index (χ3v) is 5.32. The van der Waals surface area contributed by atoms with Crippen LogP contribution in [0.15, 0.2) is 28.6 Å². The van der Waals surface area contributed by atoms with E-state index in [4.69, 9.17) is 4.74 Å². The maximum Gasteiger partial charge on any atom is 0.241 e. The van der Waals surface area contributed by atoms with Gasteiger partial charge in [0, 0.05) is 11.6 Å². The fourth-order valence-electron chi connectivity index (χ4n) is 2.02. The second-order valence-electron chi connectivity index (χ2n) is 4.34. The molecule has 108 valence electrons. The van der Waals surface area contributed by atoms with Gasteiger partial charge in [-0.3, -0.25) is 0 Å². The zero-order valence-electron chi connectivity index (χ0n) is 11.5. The number of benzene rings is 1. The molecule has 0 aliphatic carbocycles. The summed E-state index contributed by atoms with van der Waals surface area (Å²) in [5, 5.41) is 2.55. The monoisotopic (exact) mass is 312 g/mol. The molecule has 0 amide bonds. The first-order chi connectivity index (χ1) is 9.44. The van der Waals surface area contributed by atoms with Gasteiger partial charge in [0.05, 0.1) is 18.6 Å². The summed E-state index contributed by atoms with van der Waals surface area (Å²) >= 11 is 1.42. The number of nitrogens with zero attached hydrogens (tertiary/aromatic N) is 1. The molecule has 0 saturated carbocycles. The molecular formula is C13H16N2O3S2. The Kier molecular flexibility index (Phi) is 4.42. The van der Waals surface area contributed by atoms with Gasteiger partial charge in [-0.05, 0) is 37.1 Å². The van der Waals surface area contributed by atoms with Crippen LogP contribution in [0, 0.1) is 13.8 Å². The largest absolute Gasteiger partial charge is 0.497 e. The minimum absolute atomic E-state index is 0.199. The number of thiazole rings is 1. The molecule has 7 heteroatoms. The molecule has 0 radical (unpaired) electrons. The number of aromatic nitrogens is 1. The molecule has 20 heavy (non-hydrogen) atoms. The molecular weight excluding hydrogens is 296 g/mol. The topological polar surface area (TPSA) is 68.3 Å². The number of nitrogens with one attached hydrogen (secondary N) is 1. The summed E-state index contributed by atoms with van der Waals surface area (Å²) in [5.41, 5.74) is 1.32. The van der Waals surface area contributed by atoms with Gasteiger partial charge in [-0.25, -0.2) is 18.1 Å². The Balaban J connectivity index is 2.29. The summed E-state index contributed by atoms with van der Waals surface area (Å²) < 4.78 is 32.5. The number of sulfonamides is 1. The van der Waals surface area contributed by atoms with Crippen LogP contribution in [0.1, 0.15) is 16.1 Å². The van der Waals surface area contributed by atoms with Gasteiger partial charge in [-0.1, -0.05) is 0 Å². The first-order valence-corrected chi connectivity index (χ1v) is 8.33. The molecule has 2 aromatic rings. The quantitative estimate of drug-likeness (QED) is 0.919. The lowest BCUT2D eigenvalue weighted by molar-refractivity contribution is 0.413. The maximum absolute atomic E-state index is 12.4. The van der Waals surface area contributed by atoms with Gasteiger partial charge in [0.25, 0.3) is 0 Å². The number of hydrogen-bond donors (Lipinski definition) is 1. The molecule has 0 fully saturated rings. The molecule has 1 aromatic carbocycles. The minimum atomic E-state index is -3.56. The molecule has 0 aliphatic rings. The Bertz CT molecular complexity index is 671. The molecule has 0 bridgehead atoms. The van der Waals surface area contributed by atoms with E-state index < -0.39 is 10.0 Å². The van der Waals surface area contributed by atoms with Gasteiger partial charge in [0.2, 0.25) is 10.0 Å². The fourth-order valence-corrected chi connectivity index (χ4v) is 4.11. The molecule has 0 spiro atoms. The first-order valence-electron chi connectivity index (χ1n) is 5.97. The van der Waals surface area contributed by atoms with Gasteiger partial charge in [-0.15, -0.1) is 11.3 Å². The van der Waals surface area contributed by atoms with Crippen molar-refractivity contribution < 1.29 is 13.2 Å². The summed E-state index contributed by atoms with van der Waals surface area (Å²) in [6, 6.07) is 3.43. The summed E-state index contributed by atoms with van der Waals surface area (Å²) in [6.45, 7) is 3.71. The average molecular weight is 312 g/mol. The zero-order valence-corrected chi connectivity index (χ0v) is 13.1. The number of aryl methyl sites for hydroxylation is 2. The summed E-state index contributed by atoms with van der Waals surface area (Å²) in [5.74, 6) is 0.652. The van der Waals surface area contributed by atoms with Crippen LogP contribution in [-0.2, 0) is 16.6 Å². The van der Waals surface area contributed by atoms with E-state index in [1.807, 2.05) is 5.38 Å². The van der Waals surface area contributed by atoms with Crippen LogP contribution in [0.4, 0.5) is 0 Å². The van der Waals surface area contributed by atoms with E-state index in [0.717, 1.165) is 5.01 Å². The van der Waals surface area contributed by atoms with Crippen LogP contribution in [0.2, 0.25) is 0 Å². The zero-order chi connectivity index (χ0) is 14.8. The summed E-state index contributed by atoms with van der Waals surface area (Å²) in [7, 11) is -2.00. The van der Waals surface area contributed by atoms with Crippen LogP contribution in [0.3, 0.4) is 0 Å². The molecule has 5 nitrogen and oxygen atoms in total. The average Bonchev–Trinajstić information content (AvgIpc) is 2.88. The Morgan fingerprint density at radius 1 is 1.30 bits per heavy atom. The second-order valence-corrected chi connectivity index (χ2v) is 7.02. The Morgan fingerprint density at radius 2 is 1.95 bits per heavy atom. The van der Waals surface area contributed by atoms with E-state index in [1.165, 1.54) is 11.3 Å². The minimum Gasteiger partial charge on any atom is -0.497 e. The van der Waals surface area contributed by atoms with Crippen LogP contribution in [-0.4, -0.2) is 20.5 Å². The van der Waals surface area contributed by atoms with Crippen molar-refractivity contribution in [2.45, 2.75) is 25.3 Å². The Labute approximate surface area is 122 Å². The molecule has 1 heterocycles. The Morgan fingerprint density at radius 3 is 2.45 bits per heavy atom. The molecule has 0 atom stereocenters. The van der Waals surface area contributed by atoms with E-state index in [9.17, 15) is 8.42 Å².